The highest BCUT2D eigenvalue weighted by molar-refractivity contribution is 7.89. The molecule has 1 aliphatic heterocycles. The molecule has 1 amide bonds. The number of piperidine rings is 1. The molecular formula is C21H22FN3O4S. The summed E-state index contributed by atoms with van der Waals surface area (Å²) in [5, 5.41) is 20.9. The van der Waals surface area contributed by atoms with E-state index in [0.29, 0.717) is 25.1 Å². The summed E-state index contributed by atoms with van der Waals surface area (Å²) in [6.45, 7) is 0.0657. The maximum atomic E-state index is 13.7. The average molecular weight is 431 g/mol. The zero-order valence-electron chi connectivity index (χ0n) is 16.2. The van der Waals surface area contributed by atoms with Gasteiger partial charge in [-0.05, 0) is 49.2 Å². The molecule has 9 heteroatoms. The number of hydrogen-bond acceptors (Lipinski definition) is 5. The van der Waals surface area contributed by atoms with Crippen LogP contribution < -0.4 is 5.32 Å². The third kappa shape index (κ3) is 4.67. The molecule has 158 valence electrons. The smallest absolute Gasteiger partial charge is 0.255 e. The number of rotatable bonds is 6. The van der Waals surface area contributed by atoms with Gasteiger partial charge in [0.15, 0.2) is 0 Å². The van der Waals surface area contributed by atoms with Crippen LogP contribution in [0.4, 0.5) is 10.1 Å². The number of nitrogens with one attached hydrogen (secondary N) is 1. The van der Waals surface area contributed by atoms with Gasteiger partial charge < -0.3 is 10.4 Å². The lowest BCUT2D eigenvalue weighted by Crippen LogP contribution is -2.45. The summed E-state index contributed by atoms with van der Waals surface area (Å²) in [6, 6.07) is 10.9. The van der Waals surface area contributed by atoms with Gasteiger partial charge in [-0.3, -0.25) is 4.79 Å². The van der Waals surface area contributed by atoms with Crippen LogP contribution in [0.1, 0.15) is 35.2 Å². The van der Waals surface area contributed by atoms with Crippen LogP contribution in [0.2, 0.25) is 0 Å². The van der Waals surface area contributed by atoms with Crippen LogP contribution in [0.3, 0.4) is 0 Å². The molecule has 30 heavy (non-hydrogen) atoms. The molecule has 0 spiro atoms. The van der Waals surface area contributed by atoms with Crippen LogP contribution >= 0.6 is 0 Å². The van der Waals surface area contributed by atoms with Crippen molar-refractivity contribution in [3.63, 3.8) is 0 Å². The van der Waals surface area contributed by atoms with E-state index in [0.717, 1.165) is 12.5 Å². The van der Waals surface area contributed by atoms with Gasteiger partial charge in [0.05, 0.1) is 24.0 Å². The molecule has 7 nitrogen and oxygen atoms in total. The fourth-order valence-corrected chi connectivity index (χ4v) is 5.21. The summed E-state index contributed by atoms with van der Waals surface area (Å²) < 4.78 is 41.1. The molecule has 2 aromatic carbocycles. The van der Waals surface area contributed by atoms with Crippen molar-refractivity contribution < 1.29 is 22.7 Å². The highest BCUT2D eigenvalue weighted by Crippen LogP contribution is 2.26. The number of nitriles is 1. The van der Waals surface area contributed by atoms with Gasteiger partial charge in [0.2, 0.25) is 10.0 Å². The molecule has 1 aliphatic rings. The van der Waals surface area contributed by atoms with Gasteiger partial charge in [0.25, 0.3) is 5.91 Å². The fourth-order valence-electron chi connectivity index (χ4n) is 3.48. The highest BCUT2D eigenvalue weighted by atomic mass is 32.2. The lowest BCUT2D eigenvalue weighted by molar-refractivity contribution is 0.102. The Morgan fingerprint density at radius 3 is 2.80 bits per heavy atom. The minimum absolute atomic E-state index is 0.0280. The summed E-state index contributed by atoms with van der Waals surface area (Å²) in [5.41, 5.74) is 0.586. The van der Waals surface area contributed by atoms with Crippen LogP contribution in [0.25, 0.3) is 0 Å². The van der Waals surface area contributed by atoms with E-state index < -0.39 is 27.8 Å². The number of sulfonamides is 1. The SMILES string of the molecule is N#CCc1cc(NC(=O)c2cccc(S(=O)(=O)N3CCCCC3CO)c2)ccc1F. The van der Waals surface area contributed by atoms with Crippen LogP contribution in [0, 0.1) is 17.1 Å². The first-order chi connectivity index (χ1) is 14.4. The first kappa shape index (κ1) is 21.9. The van der Waals surface area contributed by atoms with Crippen molar-refractivity contribution in [2.75, 3.05) is 18.5 Å². The summed E-state index contributed by atoms with van der Waals surface area (Å²) >= 11 is 0. The Morgan fingerprint density at radius 2 is 2.07 bits per heavy atom. The van der Waals surface area contributed by atoms with Crippen molar-refractivity contribution in [3.05, 3.63) is 59.4 Å². The molecule has 0 bridgehead atoms. The van der Waals surface area contributed by atoms with Crippen LogP contribution in [0.5, 0.6) is 0 Å². The summed E-state index contributed by atoms with van der Waals surface area (Å²) in [5.74, 6) is -1.10. The minimum atomic E-state index is -3.86. The van der Waals surface area contributed by atoms with Gasteiger partial charge in [-0.15, -0.1) is 0 Å². The predicted molar refractivity (Wildman–Crippen MR) is 109 cm³/mol. The van der Waals surface area contributed by atoms with Crippen molar-refractivity contribution in [2.24, 2.45) is 0 Å². The van der Waals surface area contributed by atoms with E-state index in [2.05, 4.69) is 5.32 Å². The largest absolute Gasteiger partial charge is 0.395 e. The molecule has 3 rings (SSSR count). The number of benzene rings is 2. The number of carbonyl (C=O) groups excluding carboxylic acids is 1. The summed E-state index contributed by atoms with van der Waals surface area (Å²) in [6.07, 6.45) is 2.02. The maximum Gasteiger partial charge on any atom is 0.255 e. The Labute approximate surface area is 174 Å². The molecule has 1 unspecified atom stereocenters. The molecule has 1 fully saturated rings. The molecule has 1 saturated heterocycles. The first-order valence-corrected chi connectivity index (χ1v) is 11.0. The Hall–Kier alpha value is -2.80. The number of nitrogens with zero attached hydrogens (tertiary/aromatic N) is 2. The number of hydrogen-bond donors (Lipinski definition) is 2. The van der Waals surface area contributed by atoms with E-state index in [1.807, 2.05) is 6.07 Å². The number of halogens is 1. The zero-order valence-corrected chi connectivity index (χ0v) is 17.0. The molecule has 1 atom stereocenters. The lowest BCUT2D eigenvalue weighted by Gasteiger charge is -2.33. The Bertz CT molecular complexity index is 1080. The van der Waals surface area contributed by atoms with Gasteiger partial charge in [-0.1, -0.05) is 12.5 Å². The molecule has 0 saturated carbocycles. The molecule has 0 aromatic heterocycles. The fraction of sp³-hybridized carbons (Fsp3) is 0.333. The predicted octanol–water partition coefficient (Wildman–Crippen LogP) is 2.68. The van der Waals surface area contributed by atoms with Gasteiger partial charge in [0, 0.05) is 29.4 Å². The molecular weight excluding hydrogens is 409 g/mol. The quantitative estimate of drug-likeness (QED) is 0.731. The molecule has 1 heterocycles. The van der Waals surface area contributed by atoms with Crippen LogP contribution in [-0.2, 0) is 16.4 Å². The summed E-state index contributed by atoms with van der Waals surface area (Å²) in [4.78, 5) is 12.6. The molecule has 0 radical (unpaired) electrons. The number of aliphatic hydroxyl groups is 1. The van der Waals surface area contributed by atoms with Gasteiger partial charge in [-0.2, -0.15) is 9.57 Å². The molecule has 0 aliphatic carbocycles. The standard InChI is InChI=1S/C21H22FN3O4S/c22-20-8-7-17(12-15(20)9-10-23)24-21(27)16-4-3-6-19(13-16)30(28,29)25-11-2-1-5-18(25)14-26/h3-4,6-8,12-13,18,26H,1-2,5,9,11,14H2,(H,24,27). The second-order valence-corrected chi connectivity index (χ2v) is 8.96. The van der Waals surface area contributed by atoms with Crippen LogP contribution in [-0.4, -0.2) is 42.9 Å². The Balaban J connectivity index is 1.84. The number of anilines is 1. The van der Waals surface area contributed by atoms with E-state index in [-0.39, 0.29) is 29.1 Å². The topological polar surface area (TPSA) is 110 Å². The monoisotopic (exact) mass is 431 g/mol. The van der Waals surface area contributed by atoms with Crippen molar-refractivity contribution >= 4 is 21.6 Å². The first-order valence-electron chi connectivity index (χ1n) is 9.56. The molecule has 2 N–H and O–H groups in total. The lowest BCUT2D eigenvalue weighted by atomic mass is 10.1. The van der Waals surface area contributed by atoms with Crippen molar-refractivity contribution in [1.29, 1.82) is 5.26 Å². The Kier molecular flexibility index (Phi) is 6.82. The summed E-state index contributed by atoms with van der Waals surface area (Å²) in [7, 11) is -3.86. The third-order valence-corrected chi connectivity index (χ3v) is 7.01. The second kappa shape index (κ2) is 9.34. The number of amides is 1. The average Bonchev–Trinajstić information content (AvgIpc) is 2.76. The molecule has 2 aromatic rings. The van der Waals surface area contributed by atoms with Crippen molar-refractivity contribution in [1.82, 2.24) is 4.31 Å². The third-order valence-electron chi connectivity index (χ3n) is 5.06. The van der Waals surface area contributed by atoms with E-state index >= 15 is 0 Å². The normalized spacial score (nSPS) is 17.3. The minimum Gasteiger partial charge on any atom is -0.395 e. The van der Waals surface area contributed by atoms with E-state index in [4.69, 9.17) is 5.26 Å². The van der Waals surface area contributed by atoms with Crippen molar-refractivity contribution in [2.45, 2.75) is 36.6 Å². The highest BCUT2D eigenvalue weighted by Gasteiger charge is 2.33. The van der Waals surface area contributed by atoms with Gasteiger partial charge in [0.1, 0.15) is 5.82 Å². The van der Waals surface area contributed by atoms with E-state index in [1.54, 1.807) is 0 Å². The van der Waals surface area contributed by atoms with E-state index in [1.165, 1.54) is 40.7 Å². The number of carbonyl (C=O) groups is 1. The zero-order chi connectivity index (χ0) is 21.7. The second-order valence-electron chi connectivity index (χ2n) is 7.07. The van der Waals surface area contributed by atoms with Crippen LogP contribution in [0.15, 0.2) is 47.4 Å². The Morgan fingerprint density at radius 1 is 1.27 bits per heavy atom. The number of aliphatic hydroxyl groups excluding tert-OH is 1. The van der Waals surface area contributed by atoms with Crippen molar-refractivity contribution in [3.8, 4) is 6.07 Å². The van der Waals surface area contributed by atoms with E-state index in [9.17, 15) is 22.7 Å². The van der Waals surface area contributed by atoms with Gasteiger partial charge in [-0.25, -0.2) is 12.8 Å². The maximum absolute atomic E-state index is 13.7. The van der Waals surface area contributed by atoms with Gasteiger partial charge >= 0.3 is 0 Å².